The van der Waals surface area contributed by atoms with E-state index >= 15 is 0 Å². The molecule has 0 amide bonds. The molecule has 1 saturated heterocycles. The van der Waals surface area contributed by atoms with Gasteiger partial charge in [-0.1, -0.05) is 11.6 Å². The van der Waals surface area contributed by atoms with Crippen molar-refractivity contribution in [1.29, 1.82) is 0 Å². The molecule has 198 valence electrons. The number of carboxylic acid groups (broad SMARTS) is 1. The first-order valence-electron chi connectivity index (χ1n) is 12.7. The standard InChI is InChI=1S/C29H25ClN4O5/c30-18-4-6-24-20(15-18)22(25(36)7-8-27(37)38)16-34(24)29-31-23-5-3-17(26-2-1-13-39-26)14-21(23)28(32-29)33-11-9-19(35)10-12-33/h1-6,13-16,19,35H,7-12H2,(H,37,38). The minimum atomic E-state index is -1.03. The minimum Gasteiger partial charge on any atom is -0.481 e. The van der Waals surface area contributed by atoms with Crippen LogP contribution >= 0.6 is 11.6 Å². The van der Waals surface area contributed by atoms with Gasteiger partial charge >= 0.3 is 5.97 Å². The quantitative estimate of drug-likeness (QED) is 0.258. The maximum Gasteiger partial charge on any atom is 0.303 e. The molecule has 4 heterocycles. The summed E-state index contributed by atoms with van der Waals surface area (Å²) < 4.78 is 7.36. The number of nitrogens with zero attached hydrogens (tertiary/aromatic N) is 4. The number of halogens is 1. The van der Waals surface area contributed by atoms with Crippen molar-refractivity contribution in [2.45, 2.75) is 31.8 Å². The normalized spacial score (nSPS) is 14.4. The third-order valence-corrected chi connectivity index (χ3v) is 7.32. The highest BCUT2D eigenvalue weighted by Crippen LogP contribution is 2.34. The number of aliphatic carboxylic acids is 1. The van der Waals surface area contributed by atoms with E-state index in [1.54, 1.807) is 35.2 Å². The zero-order valence-corrected chi connectivity index (χ0v) is 21.6. The molecule has 3 aromatic heterocycles. The first kappa shape index (κ1) is 25.1. The number of carbonyl (C=O) groups excluding carboxylic acids is 1. The fraction of sp³-hybridized carbons (Fsp3) is 0.241. The van der Waals surface area contributed by atoms with E-state index < -0.39 is 5.97 Å². The van der Waals surface area contributed by atoms with E-state index in [0.717, 1.165) is 22.5 Å². The lowest BCUT2D eigenvalue weighted by Gasteiger charge is -2.31. The summed E-state index contributed by atoms with van der Waals surface area (Å²) in [7, 11) is 0. The number of ketones is 1. The molecule has 39 heavy (non-hydrogen) atoms. The molecule has 1 aliphatic heterocycles. The van der Waals surface area contributed by atoms with Crippen LogP contribution in [0.25, 0.3) is 39.1 Å². The summed E-state index contributed by atoms with van der Waals surface area (Å²) in [5.74, 6) is 0.508. The number of anilines is 1. The maximum absolute atomic E-state index is 13.0. The number of benzene rings is 2. The SMILES string of the molecule is O=C(O)CCC(=O)c1cn(-c2nc(N3CCC(O)CC3)c3cc(-c4ccco4)ccc3n2)c2ccc(Cl)cc12. The lowest BCUT2D eigenvalue weighted by molar-refractivity contribution is -0.136. The van der Waals surface area contributed by atoms with Crippen molar-refractivity contribution in [3.8, 4) is 17.3 Å². The first-order chi connectivity index (χ1) is 18.9. The van der Waals surface area contributed by atoms with Gasteiger partial charge in [0.05, 0.1) is 29.8 Å². The zero-order valence-electron chi connectivity index (χ0n) is 20.9. The van der Waals surface area contributed by atoms with Crippen molar-refractivity contribution < 1.29 is 24.2 Å². The minimum absolute atomic E-state index is 0.129. The van der Waals surface area contributed by atoms with Crippen LogP contribution in [0, 0.1) is 0 Å². The van der Waals surface area contributed by atoms with Crippen LogP contribution in [0.5, 0.6) is 0 Å². The largest absolute Gasteiger partial charge is 0.481 e. The number of aliphatic hydroxyl groups is 1. The predicted molar refractivity (Wildman–Crippen MR) is 148 cm³/mol. The Labute approximate surface area is 228 Å². The predicted octanol–water partition coefficient (Wildman–Crippen LogP) is 5.50. The number of carboxylic acids is 1. The van der Waals surface area contributed by atoms with E-state index in [1.165, 1.54) is 0 Å². The Morgan fingerprint density at radius 2 is 1.85 bits per heavy atom. The van der Waals surface area contributed by atoms with Gasteiger partial charge in [0.15, 0.2) is 5.78 Å². The Bertz CT molecular complexity index is 1700. The monoisotopic (exact) mass is 544 g/mol. The fourth-order valence-electron chi connectivity index (χ4n) is 5.07. The molecule has 1 aliphatic rings. The van der Waals surface area contributed by atoms with Crippen LogP contribution in [0.1, 0.15) is 36.0 Å². The second-order valence-electron chi connectivity index (χ2n) is 9.67. The van der Waals surface area contributed by atoms with Crippen molar-refractivity contribution >= 4 is 51.0 Å². The molecule has 0 aliphatic carbocycles. The fourth-order valence-corrected chi connectivity index (χ4v) is 5.24. The van der Waals surface area contributed by atoms with Crippen LogP contribution in [0.4, 0.5) is 5.82 Å². The van der Waals surface area contributed by atoms with Crippen LogP contribution < -0.4 is 4.90 Å². The van der Waals surface area contributed by atoms with Crippen molar-refractivity contribution in [1.82, 2.24) is 14.5 Å². The van der Waals surface area contributed by atoms with Crippen LogP contribution in [0.3, 0.4) is 0 Å². The lowest BCUT2D eigenvalue weighted by atomic mass is 10.1. The number of rotatable bonds is 7. The van der Waals surface area contributed by atoms with E-state index in [4.69, 9.17) is 31.1 Å². The van der Waals surface area contributed by atoms with Crippen molar-refractivity contribution in [2.24, 2.45) is 0 Å². The van der Waals surface area contributed by atoms with Gasteiger partial charge in [-0.3, -0.25) is 14.2 Å². The highest BCUT2D eigenvalue weighted by Gasteiger charge is 2.24. The number of hydrogen-bond donors (Lipinski definition) is 2. The second kappa shape index (κ2) is 10.2. The third kappa shape index (κ3) is 4.86. The molecule has 2 N–H and O–H groups in total. The number of Topliss-reactive ketones (excluding diaryl/α,β-unsaturated/α-hetero) is 1. The molecule has 6 rings (SSSR count). The number of carbonyl (C=O) groups is 2. The van der Waals surface area contributed by atoms with Gasteiger partial charge in [0.1, 0.15) is 11.6 Å². The van der Waals surface area contributed by atoms with Crippen molar-refractivity contribution in [3.63, 3.8) is 0 Å². The van der Waals surface area contributed by atoms with E-state index in [9.17, 15) is 14.7 Å². The molecule has 9 nitrogen and oxygen atoms in total. The van der Waals surface area contributed by atoms with Crippen LogP contribution in [0.15, 0.2) is 65.4 Å². The molecule has 10 heteroatoms. The van der Waals surface area contributed by atoms with Gasteiger partial charge in [-0.05, 0) is 61.4 Å². The number of hydrogen-bond acceptors (Lipinski definition) is 7. The highest BCUT2D eigenvalue weighted by molar-refractivity contribution is 6.31. The molecular formula is C29H25ClN4O5. The Morgan fingerprint density at radius 1 is 1.03 bits per heavy atom. The van der Waals surface area contributed by atoms with Crippen molar-refractivity contribution in [3.05, 3.63) is 71.6 Å². The second-order valence-corrected chi connectivity index (χ2v) is 10.1. The number of piperidine rings is 1. The van der Waals surface area contributed by atoms with Crippen LogP contribution in [-0.4, -0.2) is 55.7 Å². The average Bonchev–Trinajstić information content (AvgIpc) is 3.60. The lowest BCUT2D eigenvalue weighted by Crippen LogP contribution is -2.36. The van der Waals surface area contributed by atoms with Gasteiger partial charge in [0.2, 0.25) is 5.95 Å². The molecule has 0 spiro atoms. The molecule has 0 radical (unpaired) electrons. The maximum atomic E-state index is 13.0. The Kier molecular flexibility index (Phi) is 6.54. The Balaban J connectivity index is 1.52. The smallest absolute Gasteiger partial charge is 0.303 e. The summed E-state index contributed by atoms with van der Waals surface area (Å²) in [6.45, 7) is 1.28. The summed E-state index contributed by atoms with van der Waals surface area (Å²) in [5.41, 5.74) is 2.67. The number of aliphatic hydroxyl groups excluding tert-OH is 1. The average molecular weight is 545 g/mol. The van der Waals surface area contributed by atoms with Gasteiger partial charge in [0, 0.05) is 52.6 Å². The summed E-state index contributed by atoms with van der Waals surface area (Å²) >= 11 is 6.27. The molecule has 5 aromatic rings. The number of furan rings is 1. The van der Waals surface area contributed by atoms with Gasteiger partial charge in [-0.25, -0.2) is 4.98 Å². The van der Waals surface area contributed by atoms with E-state index in [1.807, 2.05) is 30.3 Å². The summed E-state index contributed by atoms with van der Waals surface area (Å²) in [5, 5.41) is 21.1. The molecular weight excluding hydrogens is 520 g/mol. The molecule has 0 unspecified atom stereocenters. The summed E-state index contributed by atoms with van der Waals surface area (Å²) in [6.07, 6.45) is 3.82. The molecule has 1 fully saturated rings. The van der Waals surface area contributed by atoms with Gasteiger partial charge < -0.3 is 19.5 Å². The number of aromatic nitrogens is 3. The molecule has 2 aromatic carbocycles. The molecule has 0 atom stereocenters. The van der Waals surface area contributed by atoms with Gasteiger partial charge in [-0.2, -0.15) is 4.98 Å². The first-order valence-corrected chi connectivity index (χ1v) is 13.1. The third-order valence-electron chi connectivity index (χ3n) is 7.08. The summed E-state index contributed by atoms with van der Waals surface area (Å²) in [4.78, 5) is 36.1. The Morgan fingerprint density at radius 3 is 2.59 bits per heavy atom. The van der Waals surface area contributed by atoms with Gasteiger partial charge in [0.25, 0.3) is 0 Å². The molecule has 0 saturated carbocycles. The van der Waals surface area contributed by atoms with E-state index in [0.29, 0.717) is 58.9 Å². The highest BCUT2D eigenvalue weighted by atomic mass is 35.5. The number of fused-ring (bicyclic) bond motifs is 2. The summed E-state index contributed by atoms with van der Waals surface area (Å²) in [6, 6.07) is 14.8. The topological polar surface area (TPSA) is 122 Å². The Hall–Kier alpha value is -4.21. The van der Waals surface area contributed by atoms with Crippen LogP contribution in [0.2, 0.25) is 5.02 Å². The molecule has 0 bridgehead atoms. The zero-order chi connectivity index (χ0) is 27.1. The van der Waals surface area contributed by atoms with E-state index in [2.05, 4.69) is 4.90 Å². The van der Waals surface area contributed by atoms with Crippen LogP contribution in [-0.2, 0) is 4.79 Å². The van der Waals surface area contributed by atoms with Gasteiger partial charge in [-0.15, -0.1) is 0 Å². The van der Waals surface area contributed by atoms with E-state index in [-0.39, 0.29) is 24.7 Å². The van der Waals surface area contributed by atoms with Crippen molar-refractivity contribution in [2.75, 3.05) is 18.0 Å².